The first-order valence-electron chi connectivity index (χ1n) is 9.61. The first-order chi connectivity index (χ1) is 15.7. The van der Waals surface area contributed by atoms with Crippen LogP contribution in [0.5, 0.6) is 11.5 Å². The normalized spacial score (nSPS) is 17.5. The van der Waals surface area contributed by atoms with Crippen molar-refractivity contribution in [3.05, 3.63) is 92.4 Å². The van der Waals surface area contributed by atoms with Crippen LogP contribution in [0.25, 0.3) is 5.76 Å². The number of carbonyl (C=O) groups is 2. The van der Waals surface area contributed by atoms with E-state index in [1.54, 1.807) is 24.3 Å². The van der Waals surface area contributed by atoms with Gasteiger partial charge >= 0.3 is 0 Å². The number of nitrogens with zero attached hydrogens (tertiary/aromatic N) is 1. The zero-order chi connectivity index (χ0) is 23.9. The van der Waals surface area contributed by atoms with Crippen molar-refractivity contribution < 1.29 is 24.5 Å². The highest BCUT2D eigenvalue weighted by atomic mass is 35.5. The van der Waals surface area contributed by atoms with Crippen LogP contribution in [-0.2, 0) is 9.59 Å². The van der Waals surface area contributed by atoms with E-state index in [1.807, 2.05) is 0 Å². The van der Waals surface area contributed by atoms with Crippen LogP contribution in [0, 0.1) is 0 Å². The number of Topliss-reactive ketones (excluding diaryl/α,β-unsaturated/α-hetero) is 1. The van der Waals surface area contributed by atoms with Gasteiger partial charge in [0.15, 0.2) is 11.5 Å². The van der Waals surface area contributed by atoms with Gasteiger partial charge in [-0.05, 0) is 54.1 Å². The predicted octanol–water partition coefficient (Wildman–Crippen LogP) is 5.99. The van der Waals surface area contributed by atoms with Crippen molar-refractivity contribution in [1.29, 1.82) is 0 Å². The largest absolute Gasteiger partial charge is 0.507 e. The van der Waals surface area contributed by atoms with E-state index in [0.29, 0.717) is 16.3 Å². The molecule has 0 saturated carbocycles. The summed E-state index contributed by atoms with van der Waals surface area (Å²) in [6.45, 7) is 0. The molecule has 3 aromatic rings. The third kappa shape index (κ3) is 4.13. The van der Waals surface area contributed by atoms with E-state index >= 15 is 0 Å². The summed E-state index contributed by atoms with van der Waals surface area (Å²) in [6, 6.07) is 14.2. The Balaban J connectivity index is 1.97. The molecule has 33 heavy (non-hydrogen) atoms. The Hall–Kier alpha value is -3.19. The maximum absolute atomic E-state index is 13.1. The molecular weight excluding hydrogens is 489 g/mol. The Morgan fingerprint density at radius 3 is 2.36 bits per heavy atom. The lowest BCUT2D eigenvalue weighted by atomic mass is 9.94. The average Bonchev–Trinajstić information content (AvgIpc) is 3.05. The molecule has 9 heteroatoms. The van der Waals surface area contributed by atoms with Gasteiger partial charge in [-0.15, -0.1) is 0 Å². The van der Waals surface area contributed by atoms with Gasteiger partial charge < -0.3 is 14.9 Å². The fourth-order valence-corrected chi connectivity index (χ4v) is 4.20. The van der Waals surface area contributed by atoms with E-state index in [-0.39, 0.29) is 32.7 Å². The van der Waals surface area contributed by atoms with Crippen molar-refractivity contribution in [1.82, 2.24) is 0 Å². The van der Waals surface area contributed by atoms with Gasteiger partial charge in [-0.3, -0.25) is 14.5 Å². The lowest BCUT2D eigenvalue weighted by molar-refractivity contribution is -0.132. The summed E-state index contributed by atoms with van der Waals surface area (Å²) in [5, 5.41) is 22.3. The Morgan fingerprint density at radius 2 is 1.73 bits per heavy atom. The molecule has 0 aromatic heterocycles. The van der Waals surface area contributed by atoms with E-state index < -0.39 is 23.5 Å². The molecule has 1 aliphatic heterocycles. The van der Waals surface area contributed by atoms with Crippen molar-refractivity contribution in [2.75, 3.05) is 12.0 Å². The monoisotopic (exact) mass is 503 g/mol. The van der Waals surface area contributed by atoms with Crippen molar-refractivity contribution in [3.8, 4) is 11.5 Å². The molecule has 3 aromatic carbocycles. The van der Waals surface area contributed by atoms with Gasteiger partial charge in [0.1, 0.15) is 5.76 Å². The number of aliphatic hydroxyl groups excluding tert-OH is 1. The molecule has 0 radical (unpaired) electrons. The number of aromatic hydroxyl groups is 1. The molecule has 0 aliphatic carbocycles. The molecule has 1 saturated heterocycles. The SMILES string of the molecule is COc1ccc(C2/C(=C(/O)c3ccc(Cl)c(Cl)c3)C(=O)C(=O)N2c2cccc(Cl)c2)cc1O. The standard InChI is InChI=1S/C24H16Cl3NO5/c1-33-19-8-6-12(10-18(19)29)21-20(22(30)13-5-7-16(26)17(27)9-13)23(31)24(32)28(21)15-4-2-3-14(25)11-15/h2-11,21,29-30H,1H3/b22-20-. The van der Waals surface area contributed by atoms with Gasteiger partial charge in [0, 0.05) is 16.3 Å². The smallest absolute Gasteiger partial charge is 0.300 e. The Morgan fingerprint density at radius 1 is 0.970 bits per heavy atom. The number of hydrogen-bond donors (Lipinski definition) is 2. The first kappa shape index (κ1) is 23.0. The number of phenolic OH excluding ortho intramolecular Hbond substituents is 1. The van der Waals surface area contributed by atoms with Gasteiger partial charge in [-0.25, -0.2) is 0 Å². The van der Waals surface area contributed by atoms with Gasteiger partial charge in [-0.2, -0.15) is 0 Å². The van der Waals surface area contributed by atoms with Gasteiger partial charge in [0.25, 0.3) is 11.7 Å². The van der Waals surface area contributed by atoms with Crippen LogP contribution in [-0.4, -0.2) is 29.0 Å². The number of benzene rings is 3. The highest BCUT2D eigenvalue weighted by Gasteiger charge is 2.47. The summed E-state index contributed by atoms with van der Waals surface area (Å²) in [5.41, 5.74) is 0.742. The third-order valence-corrected chi connectivity index (χ3v) is 6.22. The van der Waals surface area contributed by atoms with Crippen molar-refractivity contribution >= 4 is 57.9 Å². The van der Waals surface area contributed by atoms with Crippen LogP contribution in [0.15, 0.2) is 66.2 Å². The van der Waals surface area contributed by atoms with Gasteiger partial charge in [-0.1, -0.05) is 46.9 Å². The summed E-state index contributed by atoms with van der Waals surface area (Å²) in [5.74, 6) is -2.18. The molecule has 0 bridgehead atoms. The van der Waals surface area contributed by atoms with Gasteiger partial charge in [0.05, 0.1) is 28.8 Å². The highest BCUT2D eigenvalue weighted by molar-refractivity contribution is 6.52. The van der Waals surface area contributed by atoms with Crippen LogP contribution >= 0.6 is 34.8 Å². The van der Waals surface area contributed by atoms with E-state index in [4.69, 9.17) is 39.5 Å². The number of anilines is 1. The number of rotatable bonds is 4. The number of aliphatic hydroxyl groups is 1. The fourth-order valence-electron chi connectivity index (χ4n) is 3.72. The number of halogens is 3. The highest BCUT2D eigenvalue weighted by Crippen LogP contribution is 2.44. The summed E-state index contributed by atoms with van der Waals surface area (Å²) in [7, 11) is 1.40. The van der Waals surface area contributed by atoms with Crippen LogP contribution < -0.4 is 9.64 Å². The molecule has 1 unspecified atom stereocenters. The third-order valence-electron chi connectivity index (χ3n) is 5.24. The van der Waals surface area contributed by atoms with Crippen molar-refractivity contribution in [2.24, 2.45) is 0 Å². The molecule has 1 heterocycles. The van der Waals surface area contributed by atoms with E-state index in [9.17, 15) is 19.8 Å². The minimum atomic E-state index is -1.06. The van der Waals surface area contributed by atoms with Crippen molar-refractivity contribution in [2.45, 2.75) is 6.04 Å². The molecule has 4 rings (SSSR count). The summed E-state index contributed by atoms with van der Waals surface area (Å²) in [4.78, 5) is 27.5. The quantitative estimate of drug-likeness (QED) is 0.259. The number of ketones is 1. The second-order valence-electron chi connectivity index (χ2n) is 7.21. The molecule has 1 fully saturated rings. The lowest BCUT2D eigenvalue weighted by Crippen LogP contribution is -2.29. The number of methoxy groups -OCH3 is 1. The van der Waals surface area contributed by atoms with E-state index in [2.05, 4.69) is 0 Å². The molecule has 1 atom stereocenters. The molecule has 168 valence electrons. The minimum absolute atomic E-state index is 0.170. The maximum Gasteiger partial charge on any atom is 0.300 e. The molecule has 2 N–H and O–H groups in total. The minimum Gasteiger partial charge on any atom is -0.507 e. The Labute approximate surface area is 204 Å². The Kier molecular flexibility index (Phi) is 6.26. The zero-order valence-electron chi connectivity index (χ0n) is 17.1. The fraction of sp³-hybridized carbons (Fsp3) is 0.0833. The summed E-state index contributed by atoms with van der Waals surface area (Å²) >= 11 is 18.2. The number of amides is 1. The molecule has 6 nitrogen and oxygen atoms in total. The topological polar surface area (TPSA) is 87.1 Å². The van der Waals surface area contributed by atoms with E-state index in [0.717, 1.165) is 0 Å². The maximum atomic E-state index is 13.1. The van der Waals surface area contributed by atoms with Crippen molar-refractivity contribution in [3.63, 3.8) is 0 Å². The number of carbonyl (C=O) groups excluding carboxylic acids is 2. The second kappa shape index (κ2) is 8.98. The van der Waals surface area contributed by atoms with Crippen LogP contribution in [0.2, 0.25) is 15.1 Å². The molecule has 0 spiro atoms. The molecule has 1 amide bonds. The first-order valence-corrected chi connectivity index (χ1v) is 10.7. The van der Waals surface area contributed by atoms with Crippen LogP contribution in [0.4, 0.5) is 5.69 Å². The molecular formula is C24H16Cl3NO5. The molecule has 1 aliphatic rings. The number of hydrogen-bond acceptors (Lipinski definition) is 5. The second-order valence-corrected chi connectivity index (χ2v) is 8.46. The van der Waals surface area contributed by atoms with Crippen LogP contribution in [0.1, 0.15) is 17.2 Å². The van der Waals surface area contributed by atoms with Gasteiger partial charge in [0.2, 0.25) is 0 Å². The average molecular weight is 505 g/mol. The summed E-state index contributed by atoms with van der Waals surface area (Å²) < 4.78 is 5.10. The number of phenols is 1. The lowest BCUT2D eigenvalue weighted by Gasteiger charge is -2.26. The van der Waals surface area contributed by atoms with E-state index in [1.165, 1.54) is 48.4 Å². The predicted molar refractivity (Wildman–Crippen MR) is 127 cm³/mol. The number of ether oxygens (including phenoxy) is 1. The Bertz CT molecular complexity index is 1320. The van der Waals surface area contributed by atoms with Crippen LogP contribution in [0.3, 0.4) is 0 Å². The summed E-state index contributed by atoms with van der Waals surface area (Å²) in [6.07, 6.45) is 0. The zero-order valence-corrected chi connectivity index (χ0v) is 19.3.